The summed E-state index contributed by atoms with van der Waals surface area (Å²) in [6, 6.07) is 0. The molecule has 1 aromatic rings. The molecule has 8 heteroatoms. The van der Waals surface area contributed by atoms with Gasteiger partial charge >= 0.3 is 5.69 Å². The van der Waals surface area contributed by atoms with Crippen molar-refractivity contribution in [2.45, 2.75) is 25.9 Å². The molecular formula is C10H16N2O6. The van der Waals surface area contributed by atoms with Gasteiger partial charge in [0.1, 0.15) is 18.9 Å². The van der Waals surface area contributed by atoms with Gasteiger partial charge in [0.2, 0.25) is 0 Å². The zero-order valence-electron chi connectivity index (χ0n) is 9.87. The molecule has 102 valence electrons. The van der Waals surface area contributed by atoms with Crippen LogP contribution < -0.4 is 11.2 Å². The molecule has 0 aliphatic carbocycles. The van der Waals surface area contributed by atoms with Crippen molar-refractivity contribution in [3.8, 4) is 0 Å². The Morgan fingerprint density at radius 2 is 2.06 bits per heavy atom. The summed E-state index contributed by atoms with van der Waals surface area (Å²) in [4.78, 5) is 24.6. The minimum Gasteiger partial charge on any atom is -0.394 e. The molecule has 2 atom stereocenters. The van der Waals surface area contributed by atoms with Crippen molar-refractivity contribution in [3.63, 3.8) is 0 Å². The average molecular weight is 260 g/mol. The van der Waals surface area contributed by atoms with Crippen LogP contribution in [-0.2, 0) is 11.5 Å². The molecule has 18 heavy (non-hydrogen) atoms. The van der Waals surface area contributed by atoms with Crippen LogP contribution in [0, 0.1) is 6.92 Å². The second-order valence-corrected chi connectivity index (χ2v) is 3.81. The first-order valence-corrected chi connectivity index (χ1v) is 5.31. The van der Waals surface area contributed by atoms with Gasteiger partial charge in [0.15, 0.2) is 0 Å². The summed E-state index contributed by atoms with van der Waals surface area (Å²) in [5, 5.41) is 26.9. The molecule has 0 aromatic carbocycles. The second kappa shape index (κ2) is 6.45. The SMILES string of the molecule is Cc1cn(CO[C@H](CO)C(O)CO)c(=O)[nH]c1=O. The number of aliphatic hydroxyl groups is 3. The predicted molar refractivity (Wildman–Crippen MR) is 61.1 cm³/mol. The van der Waals surface area contributed by atoms with Crippen molar-refractivity contribution in [1.82, 2.24) is 9.55 Å². The molecule has 1 aromatic heterocycles. The summed E-state index contributed by atoms with van der Waals surface area (Å²) in [6.45, 7) is 0.212. The van der Waals surface area contributed by atoms with E-state index in [0.29, 0.717) is 5.56 Å². The van der Waals surface area contributed by atoms with E-state index in [1.807, 2.05) is 0 Å². The molecular weight excluding hydrogens is 244 g/mol. The van der Waals surface area contributed by atoms with Crippen LogP contribution in [0.2, 0.25) is 0 Å². The van der Waals surface area contributed by atoms with E-state index in [0.717, 1.165) is 4.57 Å². The van der Waals surface area contributed by atoms with Gasteiger partial charge in [0.25, 0.3) is 5.56 Å². The lowest BCUT2D eigenvalue weighted by Crippen LogP contribution is -2.38. The summed E-state index contributed by atoms with van der Waals surface area (Å²) in [5.74, 6) is 0. The maximum absolute atomic E-state index is 11.4. The fourth-order valence-electron chi connectivity index (χ4n) is 1.29. The Morgan fingerprint density at radius 1 is 1.39 bits per heavy atom. The number of aliphatic hydroxyl groups excluding tert-OH is 3. The molecule has 0 bridgehead atoms. The zero-order valence-corrected chi connectivity index (χ0v) is 9.87. The maximum atomic E-state index is 11.4. The first-order chi connectivity index (χ1) is 8.49. The molecule has 0 saturated heterocycles. The summed E-state index contributed by atoms with van der Waals surface area (Å²) in [6.07, 6.45) is -0.940. The number of hydrogen-bond donors (Lipinski definition) is 4. The standard InChI is InChI=1S/C10H16N2O6/c1-6-2-12(10(17)11-9(6)16)5-18-8(4-14)7(15)3-13/h2,7-8,13-15H,3-5H2,1H3,(H,11,16,17)/t7?,8-/m1/s1. The van der Waals surface area contributed by atoms with Crippen LogP contribution in [0.15, 0.2) is 15.8 Å². The quantitative estimate of drug-likeness (QED) is 0.449. The summed E-state index contributed by atoms with van der Waals surface area (Å²) in [5.41, 5.74) is -0.799. The number of ether oxygens (including phenoxy) is 1. The molecule has 1 heterocycles. The van der Waals surface area contributed by atoms with E-state index in [9.17, 15) is 14.7 Å². The van der Waals surface area contributed by atoms with Gasteiger partial charge in [-0.25, -0.2) is 4.79 Å². The van der Waals surface area contributed by atoms with E-state index < -0.39 is 36.7 Å². The molecule has 1 rings (SSSR count). The Morgan fingerprint density at radius 3 is 2.61 bits per heavy atom. The Kier molecular flexibility index (Phi) is 5.23. The molecule has 0 spiro atoms. The number of rotatable bonds is 6. The van der Waals surface area contributed by atoms with Crippen LogP contribution in [0.1, 0.15) is 5.56 Å². The normalized spacial score (nSPS) is 14.4. The van der Waals surface area contributed by atoms with Gasteiger partial charge in [0.05, 0.1) is 13.2 Å². The molecule has 0 saturated carbocycles. The molecule has 1 unspecified atom stereocenters. The van der Waals surface area contributed by atoms with E-state index in [4.69, 9.17) is 14.9 Å². The lowest BCUT2D eigenvalue weighted by molar-refractivity contribution is -0.101. The lowest BCUT2D eigenvalue weighted by atomic mass is 10.2. The highest BCUT2D eigenvalue weighted by Gasteiger charge is 2.18. The molecule has 0 amide bonds. The minimum atomic E-state index is -1.24. The van der Waals surface area contributed by atoms with Gasteiger partial charge in [-0.15, -0.1) is 0 Å². The van der Waals surface area contributed by atoms with Crippen molar-refractivity contribution in [3.05, 3.63) is 32.6 Å². The molecule has 0 aliphatic heterocycles. The van der Waals surface area contributed by atoms with Crippen LogP contribution in [0.25, 0.3) is 0 Å². The van der Waals surface area contributed by atoms with Gasteiger partial charge in [-0.3, -0.25) is 14.3 Å². The first kappa shape index (κ1) is 14.6. The Bertz CT molecular complexity index is 494. The predicted octanol–water partition coefficient (Wildman–Crippen LogP) is -2.47. The van der Waals surface area contributed by atoms with Crippen LogP contribution in [0.4, 0.5) is 0 Å². The van der Waals surface area contributed by atoms with Gasteiger partial charge in [-0.2, -0.15) is 0 Å². The number of nitrogens with zero attached hydrogens (tertiary/aromatic N) is 1. The van der Waals surface area contributed by atoms with Crippen LogP contribution in [-0.4, -0.2) is 50.3 Å². The number of hydrogen-bond acceptors (Lipinski definition) is 6. The largest absolute Gasteiger partial charge is 0.394 e. The number of aromatic amines is 1. The summed E-state index contributed by atoms with van der Waals surface area (Å²) < 4.78 is 6.17. The molecule has 0 fully saturated rings. The highest BCUT2D eigenvalue weighted by atomic mass is 16.5. The van der Waals surface area contributed by atoms with Crippen molar-refractivity contribution >= 4 is 0 Å². The lowest BCUT2D eigenvalue weighted by Gasteiger charge is -2.20. The highest BCUT2D eigenvalue weighted by molar-refractivity contribution is 5.00. The third-order valence-electron chi connectivity index (χ3n) is 2.41. The molecule has 8 nitrogen and oxygen atoms in total. The molecule has 0 radical (unpaired) electrons. The first-order valence-electron chi connectivity index (χ1n) is 5.31. The van der Waals surface area contributed by atoms with Crippen LogP contribution in [0.3, 0.4) is 0 Å². The smallest absolute Gasteiger partial charge is 0.330 e. The van der Waals surface area contributed by atoms with Crippen molar-refractivity contribution in [1.29, 1.82) is 0 Å². The number of aryl methyl sites for hydroxylation is 1. The van der Waals surface area contributed by atoms with Gasteiger partial charge < -0.3 is 20.1 Å². The zero-order chi connectivity index (χ0) is 13.7. The fraction of sp³-hybridized carbons (Fsp3) is 0.600. The summed E-state index contributed by atoms with van der Waals surface area (Å²) in [7, 11) is 0. The topological polar surface area (TPSA) is 125 Å². The summed E-state index contributed by atoms with van der Waals surface area (Å²) >= 11 is 0. The average Bonchev–Trinajstić information content (AvgIpc) is 2.35. The molecule has 4 N–H and O–H groups in total. The van der Waals surface area contributed by atoms with Gasteiger partial charge in [-0.1, -0.05) is 0 Å². The minimum absolute atomic E-state index is 0.251. The van der Waals surface area contributed by atoms with Crippen LogP contribution >= 0.6 is 0 Å². The third kappa shape index (κ3) is 3.50. The second-order valence-electron chi connectivity index (χ2n) is 3.81. The third-order valence-corrected chi connectivity index (χ3v) is 2.41. The van der Waals surface area contributed by atoms with E-state index in [2.05, 4.69) is 4.98 Å². The number of nitrogens with one attached hydrogen (secondary N) is 1. The highest BCUT2D eigenvalue weighted by Crippen LogP contribution is 1.99. The van der Waals surface area contributed by atoms with Crippen molar-refractivity contribution < 1.29 is 20.1 Å². The monoisotopic (exact) mass is 260 g/mol. The maximum Gasteiger partial charge on any atom is 0.330 e. The number of H-pyrrole nitrogens is 1. The van der Waals surface area contributed by atoms with Crippen molar-refractivity contribution in [2.75, 3.05) is 13.2 Å². The Labute approximate surface area is 102 Å². The van der Waals surface area contributed by atoms with E-state index in [1.54, 1.807) is 0 Å². The Hall–Kier alpha value is -1.48. The number of aromatic nitrogens is 2. The fourth-order valence-corrected chi connectivity index (χ4v) is 1.29. The van der Waals surface area contributed by atoms with Crippen molar-refractivity contribution in [2.24, 2.45) is 0 Å². The van der Waals surface area contributed by atoms with Crippen LogP contribution in [0.5, 0.6) is 0 Å². The van der Waals surface area contributed by atoms with E-state index in [-0.39, 0.29) is 6.73 Å². The van der Waals surface area contributed by atoms with E-state index >= 15 is 0 Å². The Balaban J connectivity index is 2.77. The van der Waals surface area contributed by atoms with Gasteiger partial charge in [-0.05, 0) is 6.92 Å². The molecule has 0 aliphatic rings. The van der Waals surface area contributed by atoms with Gasteiger partial charge in [0, 0.05) is 11.8 Å². The van der Waals surface area contributed by atoms with E-state index in [1.165, 1.54) is 13.1 Å².